The molecule has 0 spiro atoms. The van der Waals surface area contributed by atoms with Crippen molar-refractivity contribution in [2.24, 2.45) is 0 Å². The number of methoxy groups -OCH3 is 1. The molecule has 98 valence electrons. The smallest absolute Gasteiger partial charge is 0.312 e. The Bertz CT molecular complexity index is 452. The van der Waals surface area contributed by atoms with E-state index in [2.05, 4.69) is 0 Å². The van der Waals surface area contributed by atoms with Crippen LogP contribution in [0, 0.1) is 21.4 Å². The number of nitriles is 1. The minimum atomic E-state index is -0.584. The van der Waals surface area contributed by atoms with Gasteiger partial charge in [0, 0.05) is 6.07 Å². The van der Waals surface area contributed by atoms with Gasteiger partial charge < -0.3 is 9.84 Å². The Kier molecular flexibility index (Phi) is 5.79. The van der Waals surface area contributed by atoms with Crippen LogP contribution in [0.3, 0.4) is 0 Å². The van der Waals surface area contributed by atoms with Gasteiger partial charge in [-0.25, -0.2) is 0 Å². The van der Waals surface area contributed by atoms with E-state index in [1.54, 1.807) is 20.8 Å². The predicted octanol–water partition coefficient (Wildman–Crippen LogP) is 2.25. The summed E-state index contributed by atoms with van der Waals surface area (Å²) >= 11 is 0. The van der Waals surface area contributed by atoms with Crippen LogP contribution < -0.4 is 4.74 Å². The molecule has 0 saturated heterocycles. The molecular formula is C12H16N2O4. The second-order valence-electron chi connectivity index (χ2n) is 4.40. The first-order valence-electron chi connectivity index (χ1n) is 5.14. The van der Waals surface area contributed by atoms with Crippen molar-refractivity contribution in [2.75, 3.05) is 7.11 Å². The molecule has 6 heteroatoms. The lowest BCUT2D eigenvalue weighted by atomic mass is 10.2. The molecule has 0 aliphatic rings. The maximum atomic E-state index is 10.5. The summed E-state index contributed by atoms with van der Waals surface area (Å²) in [5.74, 6) is 0.00926. The van der Waals surface area contributed by atoms with Crippen LogP contribution in [-0.4, -0.2) is 22.7 Å². The van der Waals surface area contributed by atoms with Gasteiger partial charge in [-0.05, 0) is 26.8 Å². The van der Waals surface area contributed by atoms with Crippen molar-refractivity contribution < 1.29 is 14.8 Å². The number of benzene rings is 1. The molecule has 0 heterocycles. The summed E-state index contributed by atoms with van der Waals surface area (Å²) in [7, 11) is 1.29. The molecule has 6 nitrogen and oxygen atoms in total. The van der Waals surface area contributed by atoms with E-state index < -0.39 is 10.5 Å². The average Bonchev–Trinajstić information content (AvgIpc) is 2.25. The Morgan fingerprint density at radius 1 is 1.44 bits per heavy atom. The second-order valence-corrected chi connectivity index (χ2v) is 4.40. The van der Waals surface area contributed by atoms with Gasteiger partial charge in [0.05, 0.1) is 17.6 Å². The molecule has 0 unspecified atom stereocenters. The normalized spacial score (nSPS) is 9.78. The molecule has 0 aromatic heterocycles. The van der Waals surface area contributed by atoms with Gasteiger partial charge in [-0.15, -0.1) is 0 Å². The van der Waals surface area contributed by atoms with E-state index in [0.717, 1.165) is 0 Å². The summed E-state index contributed by atoms with van der Waals surface area (Å²) in [6.07, 6.45) is 0. The van der Waals surface area contributed by atoms with Gasteiger partial charge in [0.1, 0.15) is 11.6 Å². The summed E-state index contributed by atoms with van der Waals surface area (Å²) in [6.45, 7) is 5.23. The standard InChI is InChI=1S/C8H6N2O3.C4H10O/c1-13-8-6(5-9)3-2-4-7(8)10(11)12;1-4(2,3)5/h2-4H,1H3;5H,1-3H3. The Labute approximate surface area is 106 Å². The minimum Gasteiger partial charge on any atom is -0.489 e. The van der Waals surface area contributed by atoms with Crippen molar-refractivity contribution in [1.82, 2.24) is 0 Å². The van der Waals surface area contributed by atoms with Crippen LogP contribution in [0.2, 0.25) is 0 Å². The highest BCUT2D eigenvalue weighted by Gasteiger charge is 2.17. The first-order chi connectivity index (χ1) is 8.20. The van der Waals surface area contributed by atoms with Gasteiger partial charge >= 0.3 is 5.69 Å². The number of nitro benzene ring substituents is 1. The molecule has 1 aromatic carbocycles. The Morgan fingerprint density at radius 3 is 2.28 bits per heavy atom. The third-order valence-corrected chi connectivity index (χ3v) is 1.52. The molecule has 0 bridgehead atoms. The number of rotatable bonds is 2. The van der Waals surface area contributed by atoms with Crippen molar-refractivity contribution >= 4 is 5.69 Å². The zero-order valence-electron chi connectivity index (χ0n) is 10.8. The largest absolute Gasteiger partial charge is 0.489 e. The summed E-state index contributed by atoms with van der Waals surface area (Å²) in [6, 6.07) is 6.01. The first-order valence-corrected chi connectivity index (χ1v) is 5.14. The number of hydrogen-bond acceptors (Lipinski definition) is 5. The summed E-state index contributed by atoms with van der Waals surface area (Å²) in [4.78, 5) is 9.88. The molecule has 0 aliphatic heterocycles. The van der Waals surface area contributed by atoms with Crippen LogP contribution in [-0.2, 0) is 0 Å². The molecule has 1 N–H and O–H groups in total. The van der Waals surface area contributed by atoms with E-state index in [4.69, 9.17) is 15.1 Å². The highest BCUT2D eigenvalue weighted by atomic mass is 16.6. The monoisotopic (exact) mass is 252 g/mol. The van der Waals surface area contributed by atoms with Crippen molar-refractivity contribution in [3.8, 4) is 11.8 Å². The Balaban J connectivity index is 0.000000494. The van der Waals surface area contributed by atoms with Crippen LogP contribution in [0.4, 0.5) is 5.69 Å². The lowest BCUT2D eigenvalue weighted by Gasteiger charge is -2.04. The van der Waals surface area contributed by atoms with E-state index in [1.165, 1.54) is 25.3 Å². The zero-order valence-corrected chi connectivity index (χ0v) is 10.8. The third-order valence-electron chi connectivity index (χ3n) is 1.52. The first kappa shape index (κ1) is 15.9. The van der Waals surface area contributed by atoms with Crippen molar-refractivity contribution in [2.45, 2.75) is 26.4 Å². The maximum absolute atomic E-state index is 10.5. The number of nitrogens with zero attached hydrogens (tertiary/aromatic N) is 2. The zero-order chi connectivity index (χ0) is 14.3. The molecule has 0 atom stereocenters. The van der Waals surface area contributed by atoms with Gasteiger partial charge in [0.25, 0.3) is 0 Å². The molecule has 1 rings (SSSR count). The van der Waals surface area contributed by atoms with E-state index in [1.807, 2.05) is 6.07 Å². The van der Waals surface area contributed by atoms with E-state index >= 15 is 0 Å². The number of para-hydroxylation sites is 1. The predicted molar refractivity (Wildman–Crippen MR) is 66.3 cm³/mol. The molecule has 18 heavy (non-hydrogen) atoms. The summed E-state index contributed by atoms with van der Waals surface area (Å²) in [5.41, 5.74) is -0.529. The van der Waals surface area contributed by atoms with Crippen LogP contribution in [0.1, 0.15) is 26.3 Å². The number of aliphatic hydroxyl groups is 1. The lowest BCUT2D eigenvalue weighted by molar-refractivity contribution is -0.385. The highest BCUT2D eigenvalue weighted by molar-refractivity contribution is 5.56. The minimum absolute atomic E-state index is 0.00926. The topological polar surface area (TPSA) is 96.4 Å². The molecule has 1 aromatic rings. The fourth-order valence-corrected chi connectivity index (χ4v) is 0.971. The number of hydrogen-bond donors (Lipinski definition) is 1. The Hall–Kier alpha value is -2.13. The molecule has 0 saturated carbocycles. The van der Waals surface area contributed by atoms with E-state index in [0.29, 0.717) is 0 Å². The highest BCUT2D eigenvalue weighted by Crippen LogP contribution is 2.29. The summed E-state index contributed by atoms with van der Waals surface area (Å²) < 4.78 is 4.76. The van der Waals surface area contributed by atoms with Crippen molar-refractivity contribution in [3.63, 3.8) is 0 Å². The molecular weight excluding hydrogens is 236 g/mol. The van der Waals surface area contributed by atoms with Crippen molar-refractivity contribution in [1.29, 1.82) is 5.26 Å². The number of ether oxygens (including phenoxy) is 1. The van der Waals surface area contributed by atoms with Crippen LogP contribution in [0.15, 0.2) is 18.2 Å². The lowest BCUT2D eigenvalue weighted by Crippen LogP contribution is -2.10. The number of nitro groups is 1. The molecule has 0 fully saturated rings. The van der Waals surface area contributed by atoms with Gasteiger partial charge in [0.15, 0.2) is 0 Å². The van der Waals surface area contributed by atoms with Gasteiger partial charge in [0.2, 0.25) is 5.75 Å². The van der Waals surface area contributed by atoms with Gasteiger partial charge in [-0.1, -0.05) is 6.07 Å². The molecule has 0 aliphatic carbocycles. The fraction of sp³-hybridized carbons (Fsp3) is 0.417. The van der Waals surface area contributed by atoms with Crippen LogP contribution in [0.25, 0.3) is 0 Å². The SMILES string of the molecule is CC(C)(C)O.COc1c(C#N)cccc1[N+](=O)[O-]. The van der Waals surface area contributed by atoms with E-state index in [9.17, 15) is 10.1 Å². The summed E-state index contributed by atoms with van der Waals surface area (Å²) in [5, 5.41) is 27.6. The quantitative estimate of drug-likeness (QED) is 0.643. The molecule has 0 radical (unpaired) electrons. The second kappa shape index (κ2) is 6.57. The van der Waals surface area contributed by atoms with E-state index in [-0.39, 0.29) is 17.0 Å². The van der Waals surface area contributed by atoms with Crippen LogP contribution >= 0.6 is 0 Å². The maximum Gasteiger partial charge on any atom is 0.312 e. The fourth-order valence-electron chi connectivity index (χ4n) is 0.971. The Morgan fingerprint density at radius 2 is 1.94 bits per heavy atom. The molecule has 0 amide bonds. The average molecular weight is 252 g/mol. The van der Waals surface area contributed by atoms with Gasteiger partial charge in [-0.2, -0.15) is 5.26 Å². The van der Waals surface area contributed by atoms with Crippen LogP contribution in [0.5, 0.6) is 5.75 Å². The van der Waals surface area contributed by atoms with Crippen molar-refractivity contribution in [3.05, 3.63) is 33.9 Å². The van der Waals surface area contributed by atoms with Gasteiger partial charge in [-0.3, -0.25) is 10.1 Å². The third kappa shape index (κ3) is 5.82.